The van der Waals surface area contributed by atoms with E-state index in [1.165, 1.54) is 12.8 Å². The minimum atomic E-state index is -0.175. The fourth-order valence-electron chi connectivity index (χ4n) is 1.14. The molecule has 0 aliphatic carbocycles. The van der Waals surface area contributed by atoms with Crippen molar-refractivity contribution in [2.24, 2.45) is 5.73 Å². The summed E-state index contributed by atoms with van der Waals surface area (Å²) in [4.78, 5) is 11.0. The lowest BCUT2D eigenvalue weighted by Crippen LogP contribution is -2.17. The summed E-state index contributed by atoms with van der Waals surface area (Å²) in [6.45, 7) is 4.47. The maximum atomic E-state index is 11.0. The summed E-state index contributed by atoms with van der Waals surface area (Å²) in [6, 6.07) is 0. The predicted molar refractivity (Wildman–Crippen MR) is 53.4 cm³/mol. The fraction of sp³-hybridized carbons (Fsp3) is 0.900. The summed E-state index contributed by atoms with van der Waals surface area (Å²) in [5.41, 5.74) is 5.23. The molecule has 0 saturated carbocycles. The number of rotatable bonds is 7. The number of carbonyl (C=O) groups excluding carboxylic acids is 1. The van der Waals surface area contributed by atoms with Crippen LogP contribution < -0.4 is 5.73 Å². The fourth-order valence-corrected chi connectivity index (χ4v) is 1.14. The molecule has 0 aromatic heterocycles. The van der Waals surface area contributed by atoms with E-state index in [2.05, 4.69) is 6.92 Å². The first-order valence-corrected chi connectivity index (χ1v) is 5.10. The molecule has 0 aliphatic heterocycles. The summed E-state index contributed by atoms with van der Waals surface area (Å²) < 4.78 is 5.12. The van der Waals surface area contributed by atoms with Crippen LogP contribution in [0.25, 0.3) is 0 Å². The number of hydrogen-bond acceptors (Lipinski definition) is 3. The second kappa shape index (κ2) is 8.05. The summed E-state index contributed by atoms with van der Waals surface area (Å²) in [5.74, 6) is -0.175. The van der Waals surface area contributed by atoms with Gasteiger partial charge >= 0.3 is 5.97 Å². The van der Waals surface area contributed by atoms with Gasteiger partial charge in [0, 0.05) is 6.54 Å². The van der Waals surface area contributed by atoms with Crippen LogP contribution in [0.1, 0.15) is 46.0 Å². The van der Waals surface area contributed by atoms with E-state index in [-0.39, 0.29) is 12.1 Å². The average molecular weight is 187 g/mol. The molecule has 0 amide bonds. The van der Waals surface area contributed by atoms with Crippen molar-refractivity contribution in [3.05, 3.63) is 0 Å². The van der Waals surface area contributed by atoms with Crippen molar-refractivity contribution < 1.29 is 9.53 Å². The lowest BCUT2D eigenvalue weighted by atomic mass is 10.1. The molecule has 0 aromatic rings. The van der Waals surface area contributed by atoms with Crippen LogP contribution in [0.5, 0.6) is 0 Å². The first-order valence-electron chi connectivity index (χ1n) is 5.10. The molecule has 0 spiro atoms. The molecule has 0 fully saturated rings. The largest absolute Gasteiger partial charge is 0.463 e. The van der Waals surface area contributed by atoms with Crippen LogP contribution in [0, 0.1) is 0 Å². The van der Waals surface area contributed by atoms with Gasteiger partial charge in [0.1, 0.15) is 0 Å². The van der Waals surface area contributed by atoms with Gasteiger partial charge in [0.05, 0.1) is 12.5 Å². The van der Waals surface area contributed by atoms with Crippen LogP contribution in [0.4, 0.5) is 0 Å². The van der Waals surface area contributed by atoms with Crippen molar-refractivity contribution in [2.45, 2.75) is 52.1 Å². The summed E-state index contributed by atoms with van der Waals surface area (Å²) in [6.07, 6.45) is 4.88. The van der Waals surface area contributed by atoms with E-state index in [0.717, 1.165) is 12.8 Å². The van der Waals surface area contributed by atoms with Gasteiger partial charge in [-0.1, -0.05) is 19.8 Å². The minimum absolute atomic E-state index is 0.0469. The van der Waals surface area contributed by atoms with Crippen LogP contribution in [0.2, 0.25) is 0 Å². The molecule has 1 atom stereocenters. The third-order valence-corrected chi connectivity index (χ3v) is 1.90. The van der Waals surface area contributed by atoms with Crippen molar-refractivity contribution in [3.8, 4) is 0 Å². The van der Waals surface area contributed by atoms with Crippen molar-refractivity contribution in [1.82, 2.24) is 0 Å². The Morgan fingerprint density at radius 1 is 1.46 bits per heavy atom. The molecular weight excluding hydrogens is 166 g/mol. The third-order valence-electron chi connectivity index (χ3n) is 1.90. The molecule has 0 heterocycles. The van der Waals surface area contributed by atoms with Gasteiger partial charge in [-0.25, -0.2) is 0 Å². The highest BCUT2D eigenvalue weighted by molar-refractivity contribution is 5.69. The predicted octanol–water partition coefficient (Wildman–Crippen LogP) is 1.85. The van der Waals surface area contributed by atoms with Crippen LogP contribution >= 0.6 is 0 Å². The molecule has 0 aromatic carbocycles. The minimum Gasteiger partial charge on any atom is -0.463 e. The van der Waals surface area contributed by atoms with Crippen LogP contribution in [-0.2, 0) is 9.53 Å². The van der Waals surface area contributed by atoms with Gasteiger partial charge in [0.15, 0.2) is 0 Å². The molecule has 3 nitrogen and oxygen atoms in total. The molecule has 0 unspecified atom stereocenters. The summed E-state index contributed by atoms with van der Waals surface area (Å²) >= 11 is 0. The first kappa shape index (κ1) is 12.4. The zero-order valence-electron chi connectivity index (χ0n) is 8.71. The monoisotopic (exact) mass is 187 g/mol. The van der Waals surface area contributed by atoms with E-state index in [1.54, 1.807) is 0 Å². The Morgan fingerprint density at radius 2 is 2.15 bits per heavy atom. The summed E-state index contributed by atoms with van der Waals surface area (Å²) in [7, 11) is 0. The molecule has 3 heteroatoms. The quantitative estimate of drug-likeness (QED) is 0.489. The van der Waals surface area contributed by atoms with E-state index in [9.17, 15) is 4.79 Å². The Labute approximate surface area is 80.6 Å². The average Bonchev–Trinajstić information content (AvgIpc) is 2.05. The zero-order valence-corrected chi connectivity index (χ0v) is 8.71. The van der Waals surface area contributed by atoms with Gasteiger partial charge in [-0.05, 0) is 19.8 Å². The van der Waals surface area contributed by atoms with Gasteiger partial charge in [0.25, 0.3) is 0 Å². The number of ether oxygens (including phenoxy) is 1. The van der Waals surface area contributed by atoms with Gasteiger partial charge in [0.2, 0.25) is 0 Å². The molecule has 0 bridgehead atoms. The third kappa shape index (κ3) is 7.78. The Kier molecular flexibility index (Phi) is 7.69. The molecule has 0 radical (unpaired) electrons. The van der Waals surface area contributed by atoms with Crippen molar-refractivity contribution in [2.75, 3.05) is 6.54 Å². The van der Waals surface area contributed by atoms with Crippen LogP contribution in [0.3, 0.4) is 0 Å². The lowest BCUT2D eigenvalue weighted by Gasteiger charge is -2.12. The van der Waals surface area contributed by atoms with Gasteiger partial charge in [-0.3, -0.25) is 4.79 Å². The molecule has 78 valence electrons. The van der Waals surface area contributed by atoms with E-state index in [0.29, 0.717) is 13.0 Å². The normalized spacial score (nSPS) is 12.5. The van der Waals surface area contributed by atoms with Gasteiger partial charge in [-0.2, -0.15) is 0 Å². The first-order chi connectivity index (χ1) is 6.20. The van der Waals surface area contributed by atoms with Gasteiger partial charge in [-0.15, -0.1) is 0 Å². The van der Waals surface area contributed by atoms with E-state index in [4.69, 9.17) is 10.5 Å². The highest BCUT2D eigenvalue weighted by Gasteiger charge is 2.07. The molecule has 0 saturated heterocycles. The van der Waals surface area contributed by atoms with E-state index < -0.39 is 0 Å². The molecule has 2 N–H and O–H groups in total. The van der Waals surface area contributed by atoms with Crippen LogP contribution in [0.15, 0.2) is 0 Å². The Bertz CT molecular complexity index is 137. The van der Waals surface area contributed by atoms with E-state index in [1.807, 2.05) is 6.92 Å². The Balaban J connectivity index is 3.38. The summed E-state index contributed by atoms with van der Waals surface area (Å²) in [5, 5.41) is 0. The molecular formula is C10H21NO2. The smallest absolute Gasteiger partial charge is 0.307 e. The second-order valence-electron chi connectivity index (χ2n) is 3.33. The number of nitrogens with two attached hydrogens (primary N) is 1. The highest BCUT2D eigenvalue weighted by atomic mass is 16.5. The second-order valence-corrected chi connectivity index (χ2v) is 3.33. The number of carbonyl (C=O) groups is 1. The SMILES string of the molecule is CCCCC[C@H](C)OC(=O)CCN. The van der Waals surface area contributed by atoms with Gasteiger partial charge < -0.3 is 10.5 Å². The lowest BCUT2D eigenvalue weighted by molar-refractivity contribution is -0.148. The standard InChI is InChI=1S/C10H21NO2/c1-3-4-5-6-9(2)13-10(12)7-8-11/h9H,3-8,11H2,1-2H3/t9-/m0/s1. The van der Waals surface area contributed by atoms with Crippen molar-refractivity contribution >= 4 is 5.97 Å². The Morgan fingerprint density at radius 3 is 2.69 bits per heavy atom. The number of esters is 1. The maximum absolute atomic E-state index is 11.0. The molecule has 0 rings (SSSR count). The highest BCUT2D eigenvalue weighted by Crippen LogP contribution is 2.06. The Hall–Kier alpha value is -0.570. The topological polar surface area (TPSA) is 52.3 Å². The molecule has 13 heavy (non-hydrogen) atoms. The van der Waals surface area contributed by atoms with Crippen LogP contribution in [-0.4, -0.2) is 18.6 Å². The zero-order chi connectivity index (χ0) is 10.1. The van der Waals surface area contributed by atoms with Crippen molar-refractivity contribution in [3.63, 3.8) is 0 Å². The van der Waals surface area contributed by atoms with E-state index >= 15 is 0 Å². The number of hydrogen-bond donors (Lipinski definition) is 1. The van der Waals surface area contributed by atoms with Crippen molar-refractivity contribution in [1.29, 1.82) is 0 Å². The number of unbranched alkanes of at least 4 members (excludes halogenated alkanes) is 2. The maximum Gasteiger partial charge on any atom is 0.307 e. The molecule has 0 aliphatic rings.